The van der Waals surface area contributed by atoms with Gasteiger partial charge in [-0.15, -0.1) is 0 Å². The van der Waals surface area contributed by atoms with Crippen molar-refractivity contribution >= 4 is 44.9 Å². The number of nitrogens with one attached hydrogen (secondary N) is 2. The Morgan fingerprint density at radius 2 is 1.83 bits per heavy atom. The summed E-state index contributed by atoms with van der Waals surface area (Å²) < 4.78 is 11.1. The van der Waals surface area contributed by atoms with E-state index in [-0.39, 0.29) is 11.0 Å². The van der Waals surface area contributed by atoms with Gasteiger partial charge < -0.3 is 14.8 Å². The van der Waals surface area contributed by atoms with Gasteiger partial charge in [-0.1, -0.05) is 12.1 Å². The molecule has 0 radical (unpaired) electrons. The quantitative estimate of drug-likeness (QED) is 0.564. The van der Waals surface area contributed by atoms with E-state index in [1.807, 2.05) is 30.3 Å². The number of halogens is 1. The van der Waals surface area contributed by atoms with Crippen LogP contribution in [0.2, 0.25) is 0 Å². The first-order chi connectivity index (χ1) is 11.6. The maximum absolute atomic E-state index is 12.2. The molecule has 24 heavy (non-hydrogen) atoms. The highest BCUT2D eigenvalue weighted by atomic mass is 79.9. The van der Waals surface area contributed by atoms with Crippen molar-refractivity contribution in [2.24, 2.45) is 0 Å². The molecule has 2 N–H and O–H groups in total. The van der Waals surface area contributed by atoms with Gasteiger partial charge in [0.15, 0.2) is 5.11 Å². The van der Waals surface area contributed by atoms with Crippen molar-refractivity contribution in [1.29, 1.82) is 0 Å². The Morgan fingerprint density at radius 1 is 1.12 bits per heavy atom. The van der Waals surface area contributed by atoms with Crippen LogP contribution in [0, 0.1) is 0 Å². The van der Waals surface area contributed by atoms with E-state index in [0.29, 0.717) is 23.2 Å². The monoisotopic (exact) mass is 408 g/mol. The number of anilines is 1. The van der Waals surface area contributed by atoms with Crippen molar-refractivity contribution in [2.75, 3.05) is 25.6 Å². The molecule has 0 aliphatic carbocycles. The van der Waals surface area contributed by atoms with Crippen molar-refractivity contribution in [1.82, 2.24) is 5.32 Å². The summed E-state index contributed by atoms with van der Waals surface area (Å²) in [5.41, 5.74) is 1.27. The summed E-state index contributed by atoms with van der Waals surface area (Å²) in [6, 6.07) is 14.4. The normalized spacial score (nSPS) is 10.1. The minimum absolute atomic E-state index is 0.226. The number of amides is 1. The van der Waals surface area contributed by atoms with Crippen LogP contribution in [0.25, 0.3) is 0 Å². The Bertz CT molecular complexity index is 707. The third-order valence-corrected chi connectivity index (χ3v) is 3.91. The molecule has 2 aromatic rings. The third kappa shape index (κ3) is 5.59. The summed E-state index contributed by atoms with van der Waals surface area (Å²) in [6.07, 6.45) is 0. The summed E-state index contributed by atoms with van der Waals surface area (Å²) in [5.74, 6) is 0.459. The SMILES string of the molecule is COCCOc1ccc(NC(=S)NC(=O)c2ccccc2Br)cc1. The van der Waals surface area contributed by atoms with Crippen LogP contribution >= 0.6 is 28.1 Å². The highest BCUT2D eigenvalue weighted by Gasteiger charge is 2.10. The van der Waals surface area contributed by atoms with Gasteiger partial charge in [0.2, 0.25) is 0 Å². The number of rotatable bonds is 6. The largest absolute Gasteiger partial charge is 0.491 e. The molecule has 0 unspecified atom stereocenters. The average Bonchev–Trinajstić information content (AvgIpc) is 2.57. The summed E-state index contributed by atoms with van der Waals surface area (Å²) in [6.45, 7) is 1.02. The van der Waals surface area contributed by atoms with Gasteiger partial charge >= 0.3 is 0 Å². The first kappa shape index (κ1) is 18.4. The Hall–Kier alpha value is -1.96. The fourth-order valence-corrected chi connectivity index (χ4v) is 2.53. The molecular formula is C17H17BrN2O3S. The van der Waals surface area contributed by atoms with Crippen molar-refractivity contribution in [2.45, 2.75) is 0 Å². The molecule has 2 rings (SSSR count). The van der Waals surface area contributed by atoms with Gasteiger partial charge in [-0.3, -0.25) is 10.1 Å². The van der Waals surface area contributed by atoms with Gasteiger partial charge in [0.25, 0.3) is 5.91 Å². The van der Waals surface area contributed by atoms with E-state index >= 15 is 0 Å². The lowest BCUT2D eigenvalue weighted by molar-refractivity contribution is 0.0977. The van der Waals surface area contributed by atoms with Crippen molar-refractivity contribution < 1.29 is 14.3 Å². The molecule has 0 fully saturated rings. The van der Waals surface area contributed by atoms with E-state index in [1.165, 1.54) is 0 Å². The molecule has 2 aromatic carbocycles. The maximum atomic E-state index is 12.2. The molecule has 126 valence electrons. The number of benzene rings is 2. The number of carbonyl (C=O) groups excluding carboxylic acids is 1. The lowest BCUT2D eigenvalue weighted by Crippen LogP contribution is -2.34. The molecule has 0 atom stereocenters. The van der Waals surface area contributed by atoms with Crippen molar-refractivity contribution in [3.63, 3.8) is 0 Å². The van der Waals surface area contributed by atoms with Gasteiger partial charge in [-0.25, -0.2) is 0 Å². The third-order valence-electron chi connectivity index (χ3n) is 3.01. The fraction of sp³-hybridized carbons (Fsp3) is 0.176. The van der Waals surface area contributed by atoms with E-state index in [0.717, 1.165) is 11.4 Å². The summed E-state index contributed by atoms with van der Waals surface area (Å²) >= 11 is 8.51. The summed E-state index contributed by atoms with van der Waals surface area (Å²) in [5, 5.41) is 5.83. The predicted molar refractivity (Wildman–Crippen MR) is 102 cm³/mol. The molecule has 5 nitrogen and oxygen atoms in total. The lowest BCUT2D eigenvalue weighted by atomic mass is 10.2. The lowest BCUT2D eigenvalue weighted by Gasteiger charge is -2.11. The second-order valence-corrected chi connectivity index (χ2v) is 6.02. The smallest absolute Gasteiger partial charge is 0.258 e. The van der Waals surface area contributed by atoms with Gasteiger partial charge in [0, 0.05) is 17.3 Å². The maximum Gasteiger partial charge on any atom is 0.258 e. The molecule has 0 aromatic heterocycles. The highest BCUT2D eigenvalue weighted by Crippen LogP contribution is 2.17. The van der Waals surface area contributed by atoms with E-state index in [2.05, 4.69) is 26.6 Å². The molecule has 0 aliphatic heterocycles. The molecule has 0 aliphatic rings. The standard InChI is InChI=1S/C17H17BrN2O3S/c1-22-10-11-23-13-8-6-12(7-9-13)19-17(24)20-16(21)14-4-2-3-5-15(14)18/h2-9H,10-11H2,1H3,(H2,19,20,21,24). The first-order valence-electron chi connectivity index (χ1n) is 7.19. The first-order valence-corrected chi connectivity index (χ1v) is 8.39. The zero-order valence-corrected chi connectivity index (χ0v) is 15.4. The van der Waals surface area contributed by atoms with Crippen LogP contribution in [-0.4, -0.2) is 31.3 Å². The number of hydrogen-bond donors (Lipinski definition) is 2. The molecule has 0 saturated heterocycles. The van der Waals surface area contributed by atoms with Gasteiger partial charge in [0.1, 0.15) is 12.4 Å². The van der Waals surface area contributed by atoms with Crippen molar-refractivity contribution in [3.05, 3.63) is 58.6 Å². The van der Waals surface area contributed by atoms with E-state index in [1.54, 1.807) is 25.3 Å². The minimum atomic E-state index is -0.278. The van der Waals surface area contributed by atoms with E-state index in [4.69, 9.17) is 21.7 Å². The zero-order chi connectivity index (χ0) is 17.4. The van der Waals surface area contributed by atoms with Crippen molar-refractivity contribution in [3.8, 4) is 5.75 Å². The van der Waals surface area contributed by atoms with Gasteiger partial charge in [-0.05, 0) is 64.5 Å². The number of methoxy groups -OCH3 is 1. The molecule has 0 saturated carbocycles. The van der Waals surface area contributed by atoms with Gasteiger partial charge in [0.05, 0.1) is 12.2 Å². The van der Waals surface area contributed by atoms with Crippen LogP contribution in [0.4, 0.5) is 5.69 Å². The van der Waals surface area contributed by atoms with Crippen LogP contribution < -0.4 is 15.4 Å². The van der Waals surface area contributed by atoms with Crippen LogP contribution in [0.3, 0.4) is 0 Å². The zero-order valence-electron chi connectivity index (χ0n) is 13.0. The minimum Gasteiger partial charge on any atom is -0.491 e. The highest BCUT2D eigenvalue weighted by molar-refractivity contribution is 9.10. The Kier molecular flexibility index (Phi) is 7.17. The molecule has 0 bridgehead atoms. The van der Waals surface area contributed by atoms with Crippen LogP contribution in [0.1, 0.15) is 10.4 Å². The van der Waals surface area contributed by atoms with E-state index < -0.39 is 0 Å². The number of hydrogen-bond acceptors (Lipinski definition) is 4. The Balaban J connectivity index is 1.88. The number of thiocarbonyl (C=S) groups is 1. The molecule has 0 spiro atoms. The summed E-state index contributed by atoms with van der Waals surface area (Å²) in [7, 11) is 1.62. The average molecular weight is 409 g/mol. The fourth-order valence-electron chi connectivity index (χ4n) is 1.86. The van der Waals surface area contributed by atoms with Gasteiger partial charge in [-0.2, -0.15) is 0 Å². The van der Waals surface area contributed by atoms with E-state index in [9.17, 15) is 4.79 Å². The van der Waals surface area contributed by atoms with Crippen LogP contribution in [0.5, 0.6) is 5.75 Å². The molecule has 0 heterocycles. The molecule has 7 heteroatoms. The Labute approximate surface area is 154 Å². The van der Waals surface area contributed by atoms with Crippen LogP contribution in [0.15, 0.2) is 53.0 Å². The number of ether oxygens (including phenoxy) is 2. The number of carbonyl (C=O) groups is 1. The topological polar surface area (TPSA) is 59.6 Å². The predicted octanol–water partition coefficient (Wildman–Crippen LogP) is 3.60. The second-order valence-electron chi connectivity index (χ2n) is 4.75. The molecular weight excluding hydrogens is 392 g/mol. The molecule has 1 amide bonds. The van der Waals surface area contributed by atoms with Crippen LogP contribution in [-0.2, 0) is 4.74 Å². The second kappa shape index (κ2) is 9.36. The Morgan fingerprint density at radius 3 is 2.50 bits per heavy atom. The summed E-state index contributed by atoms with van der Waals surface area (Å²) in [4.78, 5) is 12.2.